The first-order valence-corrected chi connectivity index (χ1v) is 4.29. The van der Waals surface area contributed by atoms with Crippen LogP contribution in [-0.2, 0) is 4.79 Å². The van der Waals surface area contributed by atoms with Crippen molar-refractivity contribution in [1.29, 1.82) is 0 Å². The zero-order chi connectivity index (χ0) is 10.2. The van der Waals surface area contributed by atoms with Crippen molar-refractivity contribution < 1.29 is 44.8 Å². The SMILES string of the molecule is O=[C-]C1([N+](=O)[O-])CC1c1ccccc1.[Na+].[OH-]. The van der Waals surface area contributed by atoms with Crippen LogP contribution in [0.2, 0.25) is 0 Å². The second-order valence-electron chi connectivity index (χ2n) is 3.45. The molecule has 0 spiro atoms. The van der Waals surface area contributed by atoms with E-state index in [4.69, 9.17) is 0 Å². The number of benzene rings is 1. The van der Waals surface area contributed by atoms with Crippen LogP contribution in [0.1, 0.15) is 17.9 Å². The van der Waals surface area contributed by atoms with Crippen LogP contribution >= 0.6 is 0 Å². The van der Waals surface area contributed by atoms with Crippen LogP contribution in [0.15, 0.2) is 30.3 Å². The number of hydrogen-bond donors (Lipinski definition) is 0. The molecule has 0 radical (unpaired) electrons. The van der Waals surface area contributed by atoms with E-state index in [0.717, 1.165) is 5.56 Å². The summed E-state index contributed by atoms with van der Waals surface area (Å²) in [6.45, 7) is 0. The molecule has 2 unspecified atom stereocenters. The van der Waals surface area contributed by atoms with Gasteiger partial charge in [0.1, 0.15) is 5.54 Å². The standard InChI is InChI=1S/C10H8NO3.Na.H2O/c12-7-10(11(13)14)6-9(10)8-4-2-1-3-5-8;;/h1-5,9H,6H2;;1H2/q-1;+1;/p-1. The van der Waals surface area contributed by atoms with Crippen molar-refractivity contribution in [3.8, 4) is 0 Å². The maximum absolute atomic E-state index is 10.6. The fourth-order valence-corrected chi connectivity index (χ4v) is 1.68. The van der Waals surface area contributed by atoms with Crippen molar-refractivity contribution in [2.75, 3.05) is 0 Å². The Morgan fingerprint density at radius 3 is 2.31 bits per heavy atom. The number of rotatable bonds is 3. The average molecular weight is 230 g/mol. The van der Waals surface area contributed by atoms with Crippen LogP contribution in [0, 0.1) is 10.1 Å². The van der Waals surface area contributed by atoms with Crippen LogP contribution in [0.4, 0.5) is 0 Å². The number of nitro groups is 1. The summed E-state index contributed by atoms with van der Waals surface area (Å²) in [4.78, 5) is 20.7. The molecular weight excluding hydrogens is 221 g/mol. The maximum atomic E-state index is 10.6. The van der Waals surface area contributed by atoms with Crippen molar-refractivity contribution in [2.24, 2.45) is 0 Å². The summed E-state index contributed by atoms with van der Waals surface area (Å²) in [5.41, 5.74) is -0.631. The molecule has 16 heavy (non-hydrogen) atoms. The molecule has 0 aliphatic heterocycles. The van der Waals surface area contributed by atoms with Gasteiger partial charge in [0.05, 0.1) is 0 Å². The van der Waals surface area contributed by atoms with Gasteiger partial charge in [-0.2, -0.15) is 6.29 Å². The van der Waals surface area contributed by atoms with Gasteiger partial charge in [0, 0.05) is 12.3 Å². The second kappa shape index (κ2) is 5.54. The fourth-order valence-electron chi connectivity index (χ4n) is 1.68. The smallest absolute Gasteiger partial charge is 0.870 e. The van der Waals surface area contributed by atoms with E-state index in [1.165, 1.54) is 0 Å². The predicted molar refractivity (Wildman–Crippen MR) is 51.2 cm³/mol. The minimum absolute atomic E-state index is 0. The Labute approximate surface area is 115 Å². The average Bonchev–Trinajstić information content (AvgIpc) is 2.95. The first-order chi connectivity index (χ1) is 6.70. The van der Waals surface area contributed by atoms with Crippen LogP contribution < -0.4 is 29.6 Å². The Kier molecular flexibility index (Phi) is 5.28. The third-order valence-electron chi connectivity index (χ3n) is 2.64. The fraction of sp³-hybridized carbons (Fsp3) is 0.300. The third kappa shape index (κ3) is 2.32. The van der Waals surface area contributed by atoms with E-state index < -0.39 is 10.5 Å². The minimum Gasteiger partial charge on any atom is -0.870 e. The molecule has 1 saturated carbocycles. The molecule has 0 heterocycles. The summed E-state index contributed by atoms with van der Waals surface area (Å²) in [5.74, 6) is -0.295. The van der Waals surface area contributed by atoms with Crippen molar-refractivity contribution in [2.45, 2.75) is 17.9 Å². The predicted octanol–water partition coefficient (Wildman–Crippen LogP) is -1.87. The normalized spacial score (nSPS) is 25.9. The molecule has 2 atom stereocenters. The van der Waals surface area contributed by atoms with Gasteiger partial charge in [-0.15, -0.1) is 0 Å². The largest absolute Gasteiger partial charge is 1.00 e. The molecule has 0 bridgehead atoms. The molecule has 1 aliphatic carbocycles. The van der Waals surface area contributed by atoms with E-state index in [1.807, 2.05) is 18.2 Å². The Morgan fingerprint density at radius 1 is 1.38 bits per heavy atom. The van der Waals surface area contributed by atoms with Crippen LogP contribution in [0.3, 0.4) is 0 Å². The number of nitrogens with zero attached hydrogens (tertiary/aromatic N) is 1. The molecule has 0 saturated heterocycles. The van der Waals surface area contributed by atoms with Gasteiger partial charge >= 0.3 is 29.6 Å². The Bertz CT molecular complexity index is 384. The van der Waals surface area contributed by atoms with Gasteiger partial charge < -0.3 is 10.3 Å². The topological polar surface area (TPSA) is 90.2 Å². The van der Waals surface area contributed by atoms with Gasteiger partial charge in [0.15, 0.2) is 0 Å². The summed E-state index contributed by atoms with van der Waals surface area (Å²) in [7, 11) is 0. The molecule has 6 heteroatoms. The van der Waals surface area contributed by atoms with E-state index in [9.17, 15) is 14.9 Å². The van der Waals surface area contributed by atoms with Crippen molar-refractivity contribution in [1.82, 2.24) is 0 Å². The van der Waals surface area contributed by atoms with E-state index in [1.54, 1.807) is 18.4 Å². The van der Waals surface area contributed by atoms with Crippen LogP contribution in [0.5, 0.6) is 0 Å². The number of carbonyl (C=O) groups excluding carboxylic acids is 1. The first-order valence-electron chi connectivity index (χ1n) is 4.29. The molecule has 2 rings (SSSR count). The summed E-state index contributed by atoms with van der Waals surface area (Å²) < 4.78 is 0. The summed E-state index contributed by atoms with van der Waals surface area (Å²) in [6, 6.07) is 9.05. The zero-order valence-electron chi connectivity index (χ0n) is 8.79. The van der Waals surface area contributed by atoms with Crippen LogP contribution in [0.25, 0.3) is 0 Å². The monoisotopic (exact) mass is 230 g/mol. The zero-order valence-corrected chi connectivity index (χ0v) is 10.8. The van der Waals surface area contributed by atoms with Gasteiger partial charge in [-0.3, -0.25) is 10.1 Å². The first kappa shape index (κ1) is 15.2. The van der Waals surface area contributed by atoms with E-state index in [0.29, 0.717) is 0 Å². The summed E-state index contributed by atoms with van der Waals surface area (Å²) >= 11 is 0. The molecule has 5 nitrogen and oxygen atoms in total. The van der Waals surface area contributed by atoms with E-state index >= 15 is 0 Å². The van der Waals surface area contributed by atoms with Gasteiger partial charge in [0.2, 0.25) is 0 Å². The quantitative estimate of drug-likeness (QED) is 0.263. The van der Waals surface area contributed by atoms with Crippen LogP contribution in [-0.4, -0.2) is 22.2 Å². The second-order valence-corrected chi connectivity index (χ2v) is 3.45. The number of hydrogen-bond acceptors (Lipinski definition) is 4. The molecule has 0 aromatic heterocycles. The molecule has 1 fully saturated rings. The van der Waals surface area contributed by atoms with Crippen molar-refractivity contribution >= 4 is 6.29 Å². The summed E-state index contributed by atoms with van der Waals surface area (Å²) in [6.07, 6.45) is 1.82. The molecule has 1 N–H and O–H groups in total. The van der Waals surface area contributed by atoms with E-state index in [2.05, 4.69) is 0 Å². The van der Waals surface area contributed by atoms with E-state index in [-0.39, 0.29) is 47.4 Å². The van der Waals surface area contributed by atoms with Crippen molar-refractivity contribution in [3.05, 3.63) is 46.0 Å². The molecular formula is C10H9NNaO4-. The van der Waals surface area contributed by atoms with Gasteiger partial charge in [0.25, 0.3) is 0 Å². The molecule has 0 amide bonds. The Morgan fingerprint density at radius 2 is 1.94 bits per heavy atom. The third-order valence-corrected chi connectivity index (χ3v) is 2.64. The van der Waals surface area contributed by atoms with Crippen molar-refractivity contribution in [3.63, 3.8) is 0 Å². The minimum atomic E-state index is -1.47. The molecule has 1 aromatic rings. The van der Waals surface area contributed by atoms with Gasteiger partial charge in [-0.25, -0.2) is 0 Å². The van der Waals surface area contributed by atoms with Gasteiger partial charge in [-0.05, 0) is 10.5 Å². The Hall–Kier alpha value is -0.750. The van der Waals surface area contributed by atoms with Gasteiger partial charge in [-0.1, -0.05) is 30.3 Å². The molecule has 1 aromatic carbocycles. The molecule has 1 aliphatic rings. The molecule has 80 valence electrons. The Balaban J connectivity index is 0.00000112. The maximum Gasteiger partial charge on any atom is 1.00 e. The summed E-state index contributed by atoms with van der Waals surface area (Å²) in [5, 5.41) is 10.6.